The van der Waals surface area contributed by atoms with E-state index in [-0.39, 0.29) is 6.54 Å². The predicted octanol–water partition coefficient (Wildman–Crippen LogP) is 1.87. The highest BCUT2D eigenvalue weighted by Crippen LogP contribution is 2.11. The van der Waals surface area contributed by atoms with Crippen LogP contribution < -0.4 is 15.4 Å². The number of rotatable bonds is 7. The summed E-state index contributed by atoms with van der Waals surface area (Å²) in [4.78, 5) is 35.9. The second kappa shape index (κ2) is 9.73. The van der Waals surface area contributed by atoms with Crippen molar-refractivity contribution in [3.8, 4) is 11.8 Å². The van der Waals surface area contributed by atoms with Crippen LogP contribution in [0.15, 0.2) is 48.5 Å². The molecule has 2 N–H and O–H groups in total. The lowest BCUT2D eigenvalue weighted by molar-refractivity contribution is -0.152. The van der Waals surface area contributed by atoms with Gasteiger partial charge in [0.1, 0.15) is 12.3 Å². The van der Waals surface area contributed by atoms with Crippen LogP contribution in [-0.2, 0) is 14.3 Å². The molecule has 0 saturated carbocycles. The number of carbonyl (C=O) groups is 3. The number of anilines is 1. The number of hydrogen-bond donors (Lipinski definition) is 2. The molecule has 0 aliphatic rings. The molecule has 0 bridgehead atoms. The van der Waals surface area contributed by atoms with Crippen LogP contribution in [0, 0.1) is 11.3 Å². The molecule has 0 radical (unpaired) electrons. The molecule has 2 amide bonds. The summed E-state index contributed by atoms with van der Waals surface area (Å²) in [7, 11) is 1.52. The van der Waals surface area contributed by atoms with E-state index in [2.05, 4.69) is 10.6 Å². The van der Waals surface area contributed by atoms with Gasteiger partial charge in [-0.2, -0.15) is 5.26 Å². The molecule has 0 aliphatic heterocycles. The second-order valence-electron chi connectivity index (χ2n) is 5.72. The quantitative estimate of drug-likeness (QED) is 0.707. The third kappa shape index (κ3) is 5.85. The van der Waals surface area contributed by atoms with E-state index in [1.54, 1.807) is 48.5 Å². The highest BCUT2D eigenvalue weighted by Gasteiger charge is 2.18. The number of esters is 1. The summed E-state index contributed by atoms with van der Waals surface area (Å²) in [5.41, 5.74) is 1.30. The number of benzene rings is 2. The lowest BCUT2D eigenvalue weighted by Crippen LogP contribution is -2.35. The number of amides is 2. The normalized spacial score (nSPS) is 10.9. The SMILES string of the molecule is COc1ccc(C(=O)NCC(=O)O[C@H](C)C(=O)Nc2ccc(C#N)cc2)cc1. The van der Waals surface area contributed by atoms with Crippen LogP contribution in [-0.4, -0.2) is 37.5 Å². The van der Waals surface area contributed by atoms with Crippen LogP contribution in [0.2, 0.25) is 0 Å². The maximum Gasteiger partial charge on any atom is 0.326 e. The third-order valence-corrected chi connectivity index (χ3v) is 3.70. The minimum Gasteiger partial charge on any atom is -0.497 e. The fourth-order valence-electron chi connectivity index (χ4n) is 2.16. The maximum atomic E-state index is 12.1. The number of nitrogens with zero attached hydrogens (tertiary/aromatic N) is 1. The largest absolute Gasteiger partial charge is 0.497 e. The summed E-state index contributed by atoms with van der Waals surface area (Å²) >= 11 is 0. The van der Waals surface area contributed by atoms with E-state index in [0.717, 1.165) is 0 Å². The van der Waals surface area contributed by atoms with Crippen LogP contribution in [0.4, 0.5) is 5.69 Å². The highest BCUT2D eigenvalue weighted by atomic mass is 16.5. The van der Waals surface area contributed by atoms with Gasteiger partial charge >= 0.3 is 5.97 Å². The first-order valence-corrected chi connectivity index (χ1v) is 8.35. The third-order valence-electron chi connectivity index (χ3n) is 3.70. The summed E-state index contributed by atoms with van der Waals surface area (Å²) in [5.74, 6) is -1.11. The lowest BCUT2D eigenvalue weighted by atomic mass is 10.2. The van der Waals surface area contributed by atoms with E-state index < -0.39 is 23.9 Å². The molecule has 0 fully saturated rings. The van der Waals surface area contributed by atoms with Gasteiger partial charge in [-0.1, -0.05) is 0 Å². The molecule has 0 spiro atoms. The molecule has 2 rings (SSSR count). The van der Waals surface area contributed by atoms with Crippen LogP contribution in [0.1, 0.15) is 22.8 Å². The van der Waals surface area contributed by atoms with Crippen molar-refractivity contribution in [3.05, 3.63) is 59.7 Å². The number of carbonyl (C=O) groups excluding carboxylic acids is 3. The Hall–Kier alpha value is -3.86. The van der Waals surface area contributed by atoms with Crippen molar-refractivity contribution < 1.29 is 23.9 Å². The van der Waals surface area contributed by atoms with E-state index in [1.807, 2.05) is 6.07 Å². The van der Waals surface area contributed by atoms with E-state index in [0.29, 0.717) is 22.6 Å². The first-order valence-electron chi connectivity index (χ1n) is 8.35. The Labute approximate surface area is 162 Å². The van der Waals surface area contributed by atoms with Gasteiger partial charge in [-0.05, 0) is 55.5 Å². The van der Waals surface area contributed by atoms with Crippen LogP contribution in [0.25, 0.3) is 0 Å². The minimum absolute atomic E-state index is 0.361. The lowest BCUT2D eigenvalue weighted by Gasteiger charge is -2.14. The van der Waals surface area contributed by atoms with Gasteiger partial charge in [-0.25, -0.2) is 0 Å². The summed E-state index contributed by atoms with van der Waals surface area (Å²) in [6, 6.07) is 14.6. The van der Waals surface area contributed by atoms with Gasteiger partial charge in [-0.15, -0.1) is 0 Å². The van der Waals surface area contributed by atoms with E-state index in [4.69, 9.17) is 14.7 Å². The summed E-state index contributed by atoms with van der Waals surface area (Å²) < 4.78 is 10.0. The number of nitriles is 1. The summed E-state index contributed by atoms with van der Waals surface area (Å²) in [6.45, 7) is 1.04. The van der Waals surface area contributed by atoms with Crippen molar-refractivity contribution in [2.45, 2.75) is 13.0 Å². The molecule has 0 aromatic heterocycles. The fraction of sp³-hybridized carbons (Fsp3) is 0.200. The topological polar surface area (TPSA) is 118 Å². The molecular formula is C20H19N3O5. The Morgan fingerprint density at radius 1 is 1.07 bits per heavy atom. The Kier molecular flexibility index (Phi) is 7.11. The molecule has 8 nitrogen and oxygen atoms in total. The van der Waals surface area contributed by atoms with Crippen LogP contribution in [0.5, 0.6) is 5.75 Å². The van der Waals surface area contributed by atoms with Gasteiger partial charge in [0.15, 0.2) is 6.10 Å². The molecule has 0 heterocycles. The average Bonchev–Trinajstić information content (AvgIpc) is 2.72. The average molecular weight is 381 g/mol. The van der Waals surface area contributed by atoms with Gasteiger partial charge in [0.05, 0.1) is 18.7 Å². The smallest absolute Gasteiger partial charge is 0.326 e. The zero-order valence-electron chi connectivity index (χ0n) is 15.4. The monoisotopic (exact) mass is 381 g/mol. The standard InChI is InChI=1S/C20H19N3O5/c1-13(19(25)23-16-7-3-14(11-21)4-8-16)28-18(24)12-22-20(26)15-5-9-17(27-2)10-6-15/h3-10,13H,12H2,1-2H3,(H,22,26)(H,23,25)/t13-/m1/s1. The van der Waals surface area contributed by atoms with Crippen LogP contribution >= 0.6 is 0 Å². The molecule has 8 heteroatoms. The first-order chi connectivity index (χ1) is 13.4. The number of nitrogens with one attached hydrogen (secondary N) is 2. The zero-order valence-corrected chi connectivity index (χ0v) is 15.4. The molecule has 0 unspecified atom stereocenters. The minimum atomic E-state index is -1.05. The number of methoxy groups -OCH3 is 1. The zero-order chi connectivity index (χ0) is 20.5. The van der Waals surface area contributed by atoms with Gasteiger partial charge in [0.25, 0.3) is 11.8 Å². The maximum absolute atomic E-state index is 12.1. The fourth-order valence-corrected chi connectivity index (χ4v) is 2.16. The molecular weight excluding hydrogens is 362 g/mol. The molecule has 2 aromatic carbocycles. The Morgan fingerprint density at radius 2 is 1.71 bits per heavy atom. The van der Waals surface area contributed by atoms with Crippen LogP contribution in [0.3, 0.4) is 0 Å². The van der Waals surface area contributed by atoms with Gasteiger partial charge in [-0.3, -0.25) is 14.4 Å². The van der Waals surface area contributed by atoms with Gasteiger partial charge < -0.3 is 20.1 Å². The van der Waals surface area contributed by atoms with Crippen molar-refractivity contribution in [1.29, 1.82) is 5.26 Å². The molecule has 144 valence electrons. The van der Waals surface area contributed by atoms with Crippen molar-refractivity contribution in [1.82, 2.24) is 5.32 Å². The summed E-state index contributed by atoms with van der Waals surface area (Å²) in [5, 5.41) is 13.8. The molecule has 2 aromatic rings. The van der Waals surface area contributed by atoms with E-state index in [9.17, 15) is 14.4 Å². The molecule has 28 heavy (non-hydrogen) atoms. The second-order valence-corrected chi connectivity index (χ2v) is 5.72. The Balaban J connectivity index is 1.79. The van der Waals surface area contributed by atoms with E-state index in [1.165, 1.54) is 14.0 Å². The molecule has 1 atom stereocenters. The van der Waals surface area contributed by atoms with Crippen molar-refractivity contribution in [2.24, 2.45) is 0 Å². The van der Waals surface area contributed by atoms with Crippen molar-refractivity contribution >= 4 is 23.5 Å². The first kappa shape index (κ1) is 20.5. The Morgan fingerprint density at radius 3 is 2.29 bits per heavy atom. The highest BCUT2D eigenvalue weighted by molar-refractivity contribution is 5.97. The molecule has 0 saturated heterocycles. The predicted molar refractivity (Wildman–Crippen MR) is 101 cm³/mol. The Bertz CT molecular complexity index is 886. The van der Waals surface area contributed by atoms with Crippen molar-refractivity contribution in [2.75, 3.05) is 19.0 Å². The van der Waals surface area contributed by atoms with Gasteiger partial charge in [0, 0.05) is 11.3 Å². The summed E-state index contributed by atoms with van der Waals surface area (Å²) in [6.07, 6.45) is -1.05. The van der Waals surface area contributed by atoms with E-state index >= 15 is 0 Å². The van der Waals surface area contributed by atoms with Gasteiger partial charge in [0.2, 0.25) is 0 Å². The molecule has 0 aliphatic carbocycles. The van der Waals surface area contributed by atoms with Crippen molar-refractivity contribution in [3.63, 3.8) is 0 Å². The number of hydrogen-bond acceptors (Lipinski definition) is 6. The number of ether oxygens (including phenoxy) is 2.